The highest BCUT2D eigenvalue weighted by molar-refractivity contribution is 7.59. The van der Waals surface area contributed by atoms with E-state index in [0.717, 1.165) is 58.2 Å². The van der Waals surface area contributed by atoms with E-state index in [1.165, 1.54) is 5.56 Å². The van der Waals surface area contributed by atoms with Crippen molar-refractivity contribution in [3.05, 3.63) is 35.4 Å². The second kappa shape index (κ2) is 14.0. The average Bonchev–Trinajstić information content (AvgIpc) is 3.62. The van der Waals surface area contributed by atoms with Gasteiger partial charge in [0.1, 0.15) is 18.7 Å². The van der Waals surface area contributed by atoms with Gasteiger partial charge in [-0.3, -0.25) is 14.4 Å². The van der Waals surface area contributed by atoms with Gasteiger partial charge in [0.15, 0.2) is 5.78 Å². The first kappa shape index (κ1) is 31.7. The van der Waals surface area contributed by atoms with Gasteiger partial charge in [0.2, 0.25) is 5.91 Å². The largest absolute Gasteiger partial charge is 0.368 e. The number of carbonyl (C=O) groups excluding carboxylic acids is 3. The maximum atomic E-state index is 13.6. The Labute approximate surface area is 235 Å². The van der Waals surface area contributed by atoms with E-state index < -0.39 is 12.1 Å². The fourth-order valence-corrected chi connectivity index (χ4v) is 6.41. The van der Waals surface area contributed by atoms with Gasteiger partial charge in [-0.15, -0.1) is 0 Å². The summed E-state index contributed by atoms with van der Waals surface area (Å²) in [7, 11) is 0. The van der Waals surface area contributed by atoms with Crippen LogP contribution < -0.4 is 5.32 Å². The zero-order valence-electron chi connectivity index (χ0n) is 21.2. The topological polar surface area (TPSA) is 79.0 Å². The molecule has 1 aliphatic carbocycles. The highest BCUT2D eigenvalue weighted by Gasteiger charge is 2.49. The van der Waals surface area contributed by atoms with Crippen molar-refractivity contribution in [3.8, 4) is 0 Å². The number of nitrogens with zero attached hydrogens (tertiary/aromatic N) is 2. The van der Waals surface area contributed by atoms with Gasteiger partial charge in [-0.2, -0.15) is 27.0 Å². The van der Waals surface area contributed by atoms with Crippen LogP contribution in [-0.4, -0.2) is 78.4 Å². The number of hydrogen-bond donors (Lipinski definition) is 1. The molecule has 0 unspecified atom stereocenters. The first-order valence-corrected chi connectivity index (χ1v) is 13.1. The molecule has 1 saturated carbocycles. The molecule has 4 fully saturated rings. The molecule has 0 spiro atoms. The van der Waals surface area contributed by atoms with Gasteiger partial charge < -0.3 is 19.9 Å². The molecule has 0 aromatic heterocycles. The van der Waals surface area contributed by atoms with Gasteiger partial charge in [-0.05, 0) is 81.3 Å². The summed E-state index contributed by atoms with van der Waals surface area (Å²) in [5.41, 5.74) is 1.88. The van der Waals surface area contributed by atoms with E-state index in [0.29, 0.717) is 24.4 Å². The minimum atomic E-state index is -0.583. The Morgan fingerprint density at radius 2 is 1.65 bits per heavy atom. The Morgan fingerprint density at radius 1 is 1.00 bits per heavy atom. The van der Waals surface area contributed by atoms with Crippen LogP contribution in [0.3, 0.4) is 0 Å². The third kappa shape index (κ3) is 6.72. The molecule has 3 aliphatic heterocycles. The van der Waals surface area contributed by atoms with Crippen molar-refractivity contribution in [1.29, 1.82) is 0 Å². The molecule has 3 atom stereocenters. The van der Waals surface area contributed by atoms with Crippen molar-refractivity contribution in [2.45, 2.75) is 83.4 Å². The minimum absolute atomic E-state index is 0. The fourth-order valence-electron chi connectivity index (χ4n) is 6.41. The summed E-state index contributed by atoms with van der Waals surface area (Å²) < 4.78 is 5.57. The Bertz CT molecular complexity index is 915. The summed E-state index contributed by atoms with van der Waals surface area (Å²) >= 11 is 0. The second-order valence-corrected chi connectivity index (χ2v) is 10.4. The molecule has 2 amide bonds. The van der Waals surface area contributed by atoms with Crippen LogP contribution in [0, 0.1) is 5.92 Å². The monoisotopic (exact) mass is 551 g/mol. The van der Waals surface area contributed by atoms with E-state index >= 15 is 0 Å². The number of hydrogen-bond acceptors (Lipinski definition) is 5. The predicted octanol–water partition coefficient (Wildman–Crippen LogP) is 3.61. The van der Waals surface area contributed by atoms with Crippen molar-refractivity contribution in [2.24, 2.45) is 5.92 Å². The number of carbonyl (C=O) groups is 3. The molecule has 3 heterocycles. The molecule has 1 N–H and O–H groups in total. The summed E-state index contributed by atoms with van der Waals surface area (Å²) in [5, 5.41) is 3.07. The van der Waals surface area contributed by atoms with Crippen molar-refractivity contribution >= 4 is 44.6 Å². The average molecular weight is 552 g/mol. The van der Waals surface area contributed by atoms with Crippen molar-refractivity contribution in [3.63, 3.8) is 0 Å². The number of rotatable bonds is 6. The van der Waals surface area contributed by atoms with Crippen molar-refractivity contribution < 1.29 is 19.1 Å². The van der Waals surface area contributed by atoms with Gasteiger partial charge >= 0.3 is 0 Å². The molecule has 9 heteroatoms. The summed E-state index contributed by atoms with van der Waals surface area (Å²) in [6.07, 6.45) is 6.81. The van der Waals surface area contributed by atoms with Gasteiger partial charge in [-0.25, -0.2) is 0 Å². The smallest absolute Gasteiger partial charge is 0.251 e. The van der Waals surface area contributed by atoms with Gasteiger partial charge in [0.05, 0.1) is 6.10 Å². The lowest BCUT2D eigenvalue weighted by Gasteiger charge is -2.31. The second-order valence-electron chi connectivity index (χ2n) is 10.4. The van der Waals surface area contributed by atoms with Crippen LogP contribution in [0.4, 0.5) is 0 Å². The van der Waals surface area contributed by atoms with E-state index in [9.17, 15) is 14.4 Å². The van der Waals surface area contributed by atoms with Gasteiger partial charge in [0, 0.05) is 12.1 Å². The first-order valence-electron chi connectivity index (χ1n) is 13.1. The Kier molecular flexibility index (Phi) is 12.0. The zero-order valence-corrected chi connectivity index (χ0v) is 23.2. The van der Waals surface area contributed by atoms with Crippen molar-refractivity contribution in [1.82, 2.24) is 15.1 Å². The standard InChI is InChI=1S/C27H37N3O4.CH4.2H2S/c1-2-29-14-11-19(12-15-29)18-7-9-21(10-8-18)26(32)28-24(20-5-3-4-6-20)27(33)30-16-13-23-25(30)22(31)17-34-23;;;/h7-10,19-20,23-25H,2-6,11-17H2,1H3,(H,28,32);1H4;2*1H2/t23-,24+,25-;;;/m1.../s1. The number of benzene rings is 1. The predicted molar refractivity (Wildman–Crippen MR) is 156 cm³/mol. The number of ketones is 1. The number of piperidine rings is 1. The van der Waals surface area contributed by atoms with E-state index in [1.54, 1.807) is 4.90 Å². The number of fused-ring (bicyclic) bond motifs is 1. The van der Waals surface area contributed by atoms with Crippen LogP contribution in [0.25, 0.3) is 0 Å². The molecule has 0 bridgehead atoms. The molecule has 5 rings (SSSR count). The SMILES string of the molecule is C.CCN1CCC(c2ccc(C(=O)N[C@H](C(=O)N3CC[C@H]4OCC(=O)[C@H]43)C3CCCC3)cc2)CC1.S.S. The summed E-state index contributed by atoms with van der Waals surface area (Å²) in [6, 6.07) is 6.88. The van der Waals surface area contributed by atoms with Crippen LogP contribution in [0.15, 0.2) is 24.3 Å². The van der Waals surface area contributed by atoms with Gasteiger partial charge in [0.25, 0.3) is 5.91 Å². The maximum absolute atomic E-state index is 13.6. The van der Waals surface area contributed by atoms with Crippen LogP contribution in [0.5, 0.6) is 0 Å². The Morgan fingerprint density at radius 3 is 2.27 bits per heavy atom. The molecule has 37 heavy (non-hydrogen) atoms. The number of ether oxygens (including phenoxy) is 1. The summed E-state index contributed by atoms with van der Waals surface area (Å²) in [6.45, 7) is 6.17. The quantitative estimate of drug-likeness (QED) is 0.585. The summed E-state index contributed by atoms with van der Waals surface area (Å²) in [5.74, 6) is 0.318. The molecule has 0 radical (unpaired) electrons. The van der Waals surface area contributed by atoms with E-state index in [2.05, 4.69) is 29.3 Å². The highest BCUT2D eigenvalue weighted by Crippen LogP contribution is 2.33. The van der Waals surface area contributed by atoms with Crippen LogP contribution >= 0.6 is 27.0 Å². The van der Waals surface area contributed by atoms with E-state index in [1.807, 2.05) is 12.1 Å². The minimum Gasteiger partial charge on any atom is -0.368 e. The van der Waals surface area contributed by atoms with Crippen LogP contribution in [0.2, 0.25) is 0 Å². The third-order valence-electron chi connectivity index (χ3n) is 8.50. The number of Topliss-reactive ketones (excluding diaryl/α,β-unsaturated/α-hetero) is 1. The normalized spacial score (nSPS) is 25.0. The molecule has 3 saturated heterocycles. The van der Waals surface area contributed by atoms with E-state index in [4.69, 9.17) is 4.74 Å². The molecular formula is C28H45N3O4S2. The van der Waals surface area contributed by atoms with E-state index in [-0.39, 0.29) is 70.6 Å². The van der Waals surface area contributed by atoms with Crippen LogP contribution in [0.1, 0.15) is 81.1 Å². The lowest BCUT2D eigenvalue weighted by atomic mass is 9.89. The van der Waals surface area contributed by atoms with Gasteiger partial charge in [-0.1, -0.05) is 39.3 Å². The van der Waals surface area contributed by atoms with Crippen molar-refractivity contribution in [2.75, 3.05) is 32.8 Å². The van der Waals surface area contributed by atoms with Crippen LogP contribution in [-0.2, 0) is 14.3 Å². The molecule has 1 aromatic rings. The Balaban J connectivity index is 0.00000160. The number of likely N-dealkylation sites (tertiary alicyclic amines) is 2. The summed E-state index contributed by atoms with van der Waals surface area (Å²) in [4.78, 5) is 43.3. The lowest BCUT2D eigenvalue weighted by molar-refractivity contribution is -0.139. The zero-order chi connectivity index (χ0) is 23.7. The fraction of sp³-hybridized carbons (Fsp3) is 0.679. The lowest BCUT2D eigenvalue weighted by Crippen LogP contribution is -2.54. The molecular weight excluding hydrogens is 506 g/mol. The first-order chi connectivity index (χ1) is 16.5. The molecule has 1 aromatic carbocycles. The number of amides is 2. The Hall–Kier alpha value is -1.55. The maximum Gasteiger partial charge on any atom is 0.251 e. The highest BCUT2D eigenvalue weighted by atomic mass is 32.1. The molecule has 4 aliphatic rings. The molecule has 208 valence electrons. The third-order valence-corrected chi connectivity index (χ3v) is 8.50. The number of nitrogens with one attached hydrogen (secondary N) is 1. The molecule has 7 nitrogen and oxygen atoms in total.